The molecule has 0 aliphatic carbocycles. The summed E-state index contributed by atoms with van der Waals surface area (Å²) in [4.78, 5) is 12.4. The average molecular weight is 337 g/mol. The van der Waals surface area contributed by atoms with Gasteiger partial charge in [0.2, 0.25) is 0 Å². The molecule has 1 heterocycles. The number of benzene rings is 2. The summed E-state index contributed by atoms with van der Waals surface area (Å²) in [6.45, 7) is 4.61. The van der Waals surface area contributed by atoms with Gasteiger partial charge in [0, 0.05) is 18.2 Å². The quantitative estimate of drug-likeness (QED) is 0.771. The first kappa shape index (κ1) is 16.9. The Kier molecular flexibility index (Phi) is 4.65. The van der Waals surface area contributed by atoms with Crippen molar-refractivity contribution in [3.05, 3.63) is 83.9 Å². The SMILES string of the molecule is CC(C)(CNC(=O)c1ccn(-c2ccccc2F)n1)c1ccccc1. The van der Waals surface area contributed by atoms with Crippen molar-refractivity contribution in [1.29, 1.82) is 0 Å². The Hall–Kier alpha value is -2.95. The van der Waals surface area contributed by atoms with E-state index in [0.717, 1.165) is 5.56 Å². The maximum Gasteiger partial charge on any atom is 0.271 e. The maximum atomic E-state index is 13.8. The number of carbonyl (C=O) groups excluding carboxylic acids is 1. The van der Waals surface area contributed by atoms with Crippen LogP contribution in [0.1, 0.15) is 29.9 Å². The van der Waals surface area contributed by atoms with Gasteiger partial charge in [0.25, 0.3) is 5.91 Å². The standard InChI is InChI=1S/C20H20FN3O/c1-20(2,15-8-4-3-5-9-15)14-22-19(25)17-12-13-24(23-17)18-11-7-6-10-16(18)21/h3-13H,14H2,1-2H3,(H,22,25). The summed E-state index contributed by atoms with van der Waals surface area (Å²) >= 11 is 0. The molecule has 0 atom stereocenters. The Morgan fingerprint density at radius 3 is 2.48 bits per heavy atom. The van der Waals surface area contributed by atoms with Gasteiger partial charge in [-0.2, -0.15) is 5.10 Å². The molecule has 2 aromatic carbocycles. The molecule has 128 valence electrons. The normalized spacial score (nSPS) is 11.3. The van der Waals surface area contributed by atoms with E-state index in [9.17, 15) is 9.18 Å². The number of rotatable bonds is 5. The molecule has 0 spiro atoms. The highest BCUT2D eigenvalue weighted by Gasteiger charge is 2.22. The van der Waals surface area contributed by atoms with Gasteiger partial charge in [0.15, 0.2) is 5.69 Å². The van der Waals surface area contributed by atoms with Crippen molar-refractivity contribution in [3.63, 3.8) is 0 Å². The minimum Gasteiger partial charge on any atom is -0.350 e. The van der Waals surface area contributed by atoms with Crippen LogP contribution < -0.4 is 5.32 Å². The van der Waals surface area contributed by atoms with Crippen LogP contribution in [0.25, 0.3) is 5.69 Å². The zero-order valence-electron chi connectivity index (χ0n) is 14.2. The summed E-state index contributed by atoms with van der Waals surface area (Å²) in [6.07, 6.45) is 1.58. The van der Waals surface area contributed by atoms with E-state index in [4.69, 9.17) is 0 Å². The first-order chi connectivity index (χ1) is 12.0. The molecular formula is C20H20FN3O. The molecule has 3 rings (SSSR count). The van der Waals surface area contributed by atoms with Gasteiger partial charge < -0.3 is 5.32 Å². The lowest BCUT2D eigenvalue weighted by Gasteiger charge is -2.25. The molecule has 1 amide bonds. The molecule has 0 bridgehead atoms. The van der Waals surface area contributed by atoms with Crippen LogP contribution in [0.3, 0.4) is 0 Å². The van der Waals surface area contributed by atoms with Gasteiger partial charge >= 0.3 is 0 Å². The Bertz CT molecular complexity index is 871. The van der Waals surface area contributed by atoms with Crippen molar-refractivity contribution >= 4 is 5.91 Å². The highest BCUT2D eigenvalue weighted by molar-refractivity contribution is 5.92. The molecule has 4 nitrogen and oxygen atoms in total. The van der Waals surface area contributed by atoms with Crippen LogP contribution in [0.15, 0.2) is 66.9 Å². The maximum absolute atomic E-state index is 13.8. The monoisotopic (exact) mass is 337 g/mol. The van der Waals surface area contributed by atoms with Crippen LogP contribution in [0, 0.1) is 5.82 Å². The molecule has 0 aliphatic heterocycles. The summed E-state index contributed by atoms with van der Waals surface area (Å²) in [5, 5.41) is 7.09. The first-order valence-corrected chi connectivity index (χ1v) is 8.12. The second kappa shape index (κ2) is 6.89. The van der Waals surface area contributed by atoms with E-state index in [1.807, 2.05) is 30.3 Å². The van der Waals surface area contributed by atoms with Crippen molar-refractivity contribution in [1.82, 2.24) is 15.1 Å². The second-order valence-corrected chi connectivity index (χ2v) is 6.53. The van der Waals surface area contributed by atoms with E-state index in [2.05, 4.69) is 24.3 Å². The van der Waals surface area contributed by atoms with E-state index in [1.54, 1.807) is 30.5 Å². The van der Waals surface area contributed by atoms with Crippen LogP contribution in [0.5, 0.6) is 0 Å². The minimum absolute atomic E-state index is 0.203. The molecule has 5 heteroatoms. The van der Waals surface area contributed by atoms with E-state index in [1.165, 1.54) is 10.7 Å². The average Bonchev–Trinajstić information content (AvgIpc) is 3.11. The van der Waals surface area contributed by atoms with E-state index >= 15 is 0 Å². The van der Waals surface area contributed by atoms with E-state index in [0.29, 0.717) is 12.2 Å². The van der Waals surface area contributed by atoms with Crippen LogP contribution in [0.2, 0.25) is 0 Å². The lowest BCUT2D eigenvalue weighted by atomic mass is 9.84. The molecule has 0 unspecified atom stereocenters. The Balaban J connectivity index is 1.70. The summed E-state index contributed by atoms with van der Waals surface area (Å²) in [6, 6.07) is 17.9. The number of nitrogens with one attached hydrogen (secondary N) is 1. The lowest BCUT2D eigenvalue weighted by Crippen LogP contribution is -2.36. The van der Waals surface area contributed by atoms with Crippen molar-refractivity contribution in [3.8, 4) is 5.69 Å². The number of hydrogen-bond acceptors (Lipinski definition) is 2. The predicted octanol–water partition coefficient (Wildman–Crippen LogP) is 3.72. The highest BCUT2D eigenvalue weighted by atomic mass is 19.1. The van der Waals surface area contributed by atoms with E-state index < -0.39 is 0 Å². The third-order valence-corrected chi connectivity index (χ3v) is 4.17. The molecule has 0 aliphatic rings. The van der Waals surface area contributed by atoms with Crippen LogP contribution >= 0.6 is 0 Å². The van der Waals surface area contributed by atoms with Gasteiger partial charge in [-0.25, -0.2) is 9.07 Å². The largest absolute Gasteiger partial charge is 0.350 e. The van der Waals surface area contributed by atoms with Gasteiger partial charge in [-0.3, -0.25) is 4.79 Å². The van der Waals surface area contributed by atoms with Gasteiger partial charge in [-0.15, -0.1) is 0 Å². The van der Waals surface area contributed by atoms with Crippen LogP contribution in [-0.2, 0) is 5.41 Å². The predicted molar refractivity (Wildman–Crippen MR) is 95.3 cm³/mol. The topological polar surface area (TPSA) is 46.9 Å². The fourth-order valence-corrected chi connectivity index (χ4v) is 2.60. The van der Waals surface area contributed by atoms with Gasteiger partial charge in [0.05, 0.1) is 0 Å². The van der Waals surface area contributed by atoms with Crippen molar-refractivity contribution < 1.29 is 9.18 Å². The molecule has 0 saturated carbocycles. The summed E-state index contributed by atoms with van der Waals surface area (Å²) in [7, 11) is 0. The third kappa shape index (κ3) is 3.76. The molecule has 25 heavy (non-hydrogen) atoms. The number of halogens is 1. The summed E-state index contributed by atoms with van der Waals surface area (Å²) < 4.78 is 15.2. The fraction of sp³-hybridized carbons (Fsp3) is 0.200. The summed E-state index contributed by atoms with van der Waals surface area (Å²) in [5.41, 5.74) is 1.51. The molecule has 1 aromatic heterocycles. The zero-order chi connectivity index (χ0) is 17.9. The number of carbonyl (C=O) groups is 1. The molecule has 0 radical (unpaired) electrons. The first-order valence-electron chi connectivity index (χ1n) is 8.12. The lowest BCUT2D eigenvalue weighted by molar-refractivity contribution is 0.0940. The van der Waals surface area contributed by atoms with Crippen LogP contribution in [-0.4, -0.2) is 22.2 Å². The van der Waals surface area contributed by atoms with Crippen molar-refractivity contribution in [2.45, 2.75) is 19.3 Å². The van der Waals surface area contributed by atoms with Gasteiger partial charge in [0.1, 0.15) is 11.5 Å². The Morgan fingerprint density at radius 1 is 1.08 bits per heavy atom. The van der Waals surface area contributed by atoms with Gasteiger partial charge in [-0.05, 0) is 23.8 Å². The van der Waals surface area contributed by atoms with Gasteiger partial charge in [-0.1, -0.05) is 56.3 Å². The molecular weight excluding hydrogens is 317 g/mol. The second-order valence-electron chi connectivity index (χ2n) is 6.53. The fourth-order valence-electron chi connectivity index (χ4n) is 2.60. The Labute approximate surface area is 146 Å². The minimum atomic E-state index is -0.386. The molecule has 0 fully saturated rings. The molecule has 1 N–H and O–H groups in total. The number of amides is 1. The highest BCUT2D eigenvalue weighted by Crippen LogP contribution is 2.21. The van der Waals surface area contributed by atoms with E-state index in [-0.39, 0.29) is 22.8 Å². The number of nitrogens with zero attached hydrogens (tertiary/aromatic N) is 2. The summed E-state index contributed by atoms with van der Waals surface area (Å²) in [5.74, 6) is -0.665. The van der Waals surface area contributed by atoms with Crippen LogP contribution in [0.4, 0.5) is 4.39 Å². The third-order valence-electron chi connectivity index (χ3n) is 4.17. The number of hydrogen-bond donors (Lipinski definition) is 1. The smallest absolute Gasteiger partial charge is 0.271 e. The number of aromatic nitrogens is 2. The van der Waals surface area contributed by atoms with Crippen molar-refractivity contribution in [2.24, 2.45) is 0 Å². The number of para-hydroxylation sites is 1. The zero-order valence-corrected chi connectivity index (χ0v) is 14.2. The molecule has 0 saturated heterocycles. The Morgan fingerprint density at radius 2 is 1.76 bits per heavy atom. The molecule has 3 aromatic rings. The van der Waals surface area contributed by atoms with Crippen molar-refractivity contribution in [2.75, 3.05) is 6.54 Å².